The van der Waals surface area contributed by atoms with Crippen molar-refractivity contribution in [3.8, 4) is 17.3 Å². The average molecular weight is 361 g/mol. The lowest BCUT2D eigenvalue weighted by molar-refractivity contribution is -0.661. The number of benzene rings is 1. The predicted octanol–water partition coefficient (Wildman–Crippen LogP) is 5.13. The second-order valence-corrected chi connectivity index (χ2v) is 7.80. The van der Waals surface area contributed by atoms with Gasteiger partial charge in [-0.25, -0.2) is 4.57 Å². The van der Waals surface area contributed by atoms with E-state index in [1.54, 1.807) is 18.2 Å². The SMILES string of the molecule is Cc1cc(C(C)(C)C(F)(F)F)ccc1-c1ccc(C(C)(C)C#N)c[n+]1C. The zero-order valence-corrected chi connectivity index (χ0v) is 16.0. The number of pyridine rings is 1. The molecule has 0 N–H and O–H groups in total. The third kappa shape index (κ3) is 3.46. The Labute approximate surface area is 152 Å². The van der Waals surface area contributed by atoms with E-state index in [0.29, 0.717) is 0 Å². The highest BCUT2D eigenvalue weighted by atomic mass is 19.4. The van der Waals surface area contributed by atoms with Crippen molar-refractivity contribution in [1.82, 2.24) is 0 Å². The Morgan fingerprint density at radius 3 is 2.00 bits per heavy atom. The number of alkyl halides is 3. The minimum absolute atomic E-state index is 0.246. The summed E-state index contributed by atoms with van der Waals surface area (Å²) in [5, 5.41) is 9.29. The van der Waals surface area contributed by atoms with E-state index in [0.717, 1.165) is 22.4 Å². The molecule has 2 rings (SSSR count). The maximum absolute atomic E-state index is 13.3. The smallest absolute Gasteiger partial charge is 0.201 e. The Balaban J connectivity index is 2.51. The maximum atomic E-state index is 13.3. The summed E-state index contributed by atoms with van der Waals surface area (Å²) < 4.78 is 41.8. The van der Waals surface area contributed by atoms with Crippen molar-refractivity contribution in [3.05, 3.63) is 53.2 Å². The molecule has 1 aromatic heterocycles. The highest BCUT2D eigenvalue weighted by molar-refractivity contribution is 5.62. The first-order valence-electron chi connectivity index (χ1n) is 8.41. The average Bonchev–Trinajstić information content (AvgIpc) is 2.54. The third-order valence-corrected chi connectivity index (χ3v) is 5.07. The van der Waals surface area contributed by atoms with Gasteiger partial charge in [0.05, 0.1) is 16.9 Å². The van der Waals surface area contributed by atoms with Crippen LogP contribution >= 0.6 is 0 Å². The molecule has 0 spiro atoms. The number of aromatic nitrogens is 1. The van der Waals surface area contributed by atoms with Crippen LogP contribution in [0.5, 0.6) is 0 Å². The van der Waals surface area contributed by atoms with Gasteiger partial charge in [-0.15, -0.1) is 0 Å². The highest BCUT2D eigenvalue weighted by Crippen LogP contribution is 2.41. The fourth-order valence-electron chi connectivity index (χ4n) is 2.83. The van der Waals surface area contributed by atoms with Crippen LogP contribution in [0.1, 0.15) is 44.4 Å². The predicted molar refractivity (Wildman–Crippen MR) is 95.5 cm³/mol. The number of halogens is 3. The molecule has 26 heavy (non-hydrogen) atoms. The Bertz CT molecular complexity index is 872. The molecule has 0 amide bonds. The van der Waals surface area contributed by atoms with Gasteiger partial charge in [0.15, 0.2) is 6.20 Å². The molecular weight excluding hydrogens is 337 g/mol. The summed E-state index contributed by atoms with van der Waals surface area (Å²) in [6, 6.07) is 11.0. The van der Waals surface area contributed by atoms with Crippen LogP contribution in [0.3, 0.4) is 0 Å². The van der Waals surface area contributed by atoms with Gasteiger partial charge in [0.25, 0.3) is 0 Å². The number of nitriles is 1. The second kappa shape index (κ2) is 6.42. The van der Waals surface area contributed by atoms with E-state index in [1.165, 1.54) is 13.8 Å². The molecule has 138 valence electrons. The van der Waals surface area contributed by atoms with E-state index < -0.39 is 17.0 Å². The number of aryl methyl sites for hydroxylation is 2. The first-order valence-corrected chi connectivity index (χ1v) is 8.41. The molecule has 0 unspecified atom stereocenters. The molecule has 0 aliphatic rings. The zero-order chi connectivity index (χ0) is 19.9. The van der Waals surface area contributed by atoms with E-state index >= 15 is 0 Å². The second-order valence-electron chi connectivity index (χ2n) is 7.80. The van der Waals surface area contributed by atoms with Crippen LogP contribution in [-0.4, -0.2) is 6.18 Å². The molecule has 0 bridgehead atoms. The number of hydrogen-bond donors (Lipinski definition) is 0. The molecule has 2 nitrogen and oxygen atoms in total. The van der Waals surface area contributed by atoms with Crippen LogP contribution in [-0.2, 0) is 17.9 Å². The van der Waals surface area contributed by atoms with Gasteiger partial charge in [-0.05, 0) is 57.9 Å². The van der Waals surface area contributed by atoms with E-state index in [9.17, 15) is 18.4 Å². The summed E-state index contributed by atoms with van der Waals surface area (Å²) in [5.41, 5.74) is 1.16. The molecule has 0 atom stereocenters. The van der Waals surface area contributed by atoms with E-state index in [1.807, 2.05) is 50.7 Å². The Morgan fingerprint density at radius 1 is 0.962 bits per heavy atom. The van der Waals surface area contributed by atoms with E-state index in [4.69, 9.17) is 0 Å². The topological polar surface area (TPSA) is 27.7 Å². The quantitative estimate of drug-likeness (QED) is 0.697. The van der Waals surface area contributed by atoms with Crippen molar-refractivity contribution in [3.63, 3.8) is 0 Å². The molecular formula is C21H24F3N2+. The van der Waals surface area contributed by atoms with Gasteiger partial charge in [-0.1, -0.05) is 12.1 Å². The van der Waals surface area contributed by atoms with Crippen molar-refractivity contribution in [2.45, 2.75) is 51.6 Å². The Morgan fingerprint density at radius 2 is 1.54 bits per heavy atom. The molecule has 1 heterocycles. The monoisotopic (exact) mass is 361 g/mol. The summed E-state index contributed by atoms with van der Waals surface area (Å²) in [6.07, 6.45) is -2.41. The van der Waals surface area contributed by atoms with Crippen LogP contribution in [0.2, 0.25) is 0 Å². The van der Waals surface area contributed by atoms with Crippen molar-refractivity contribution in [1.29, 1.82) is 5.26 Å². The Hall–Kier alpha value is -2.35. The fourth-order valence-corrected chi connectivity index (χ4v) is 2.83. The van der Waals surface area contributed by atoms with Crippen LogP contribution in [0, 0.1) is 18.3 Å². The highest BCUT2D eigenvalue weighted by Gasteiger charge is 2.48. The number of nitrogens with zero attached hydrogens (tertiary/aromatic N) is 2. The minimum atomic E-state index is -4.31. The van der Waals surface area contributed by atoms with Crippen molar-refractivity contribution in [2.75, 3.05) is 0 Å². The number of rotatable bonds is 3. The van der Waals surface area contributed by atoms with Crippen LogP contribution in [0.25, 0.3) is 11.3 Å². The maximum Gasteiger partial charge on any atom is 0.397 e. The molecule has 2 aromatic rings. The van der Waals surface area contributed by atoms with Gasteiger partial charge in [0, 0.05) is 17.2 Å². The van der Waals surface area contributed by atoms with Gasteiger partial charge in [0.2, 0.25) is 5.69 Å². The third-order valence-electron chi connectivity index (χ3n) is 5.07. The summed E-state index contributed by atoms with van der Waals surface area (Å²) in [7, 11) is 1.87. The molecule has 0 fully saturated rings. The molecule has 0 saturated carbocycles. The van der Waals surface area contributed by atoms with Gasteiger partial charge in [-0.2, -0.15) is 18.4 Å². The Kier molecular flexibility index (Phi) is 4.93. The standard InChI is InChI=1S/C21H24F3N2/c1-14-11-15(20(4,5)21(22,23)24)7-9-17(14)18-10-8-16(12-26(18)6)19(2,3)13-25/h7-12H,1-6H3/q+1. The normalized spacial score (nSPS) is 12.8. The largest absolute Gasteiger partial charge is 0.397 e. The zero-order valence-electron chi connectivity index (χ0n) is 16.0. The van der Waals surface area contributed by atoms with Crippen LogP contribution in [0.15, 0.2) is 36.5 Å². The van der Waals surface area contributed by atoms with Crippen molar-refractivity contribution in [2.24, 2.45) is 7.05 Å². The lowest BCUT2D eigenvalue weighted by Crippen LogP contribution is -2.36. The van der Waals surface area contributed by atoms with Crippen LogP contribution in [0.4, 0.5) is 13.2 Å². The molecule has 0 aliphatic heterocycles. The summed E-state index contributed by atoms with van der Waals surface area (Å²) >= 11 is 0. The molecule has 0 saturated heterocycles. The summed E-state index contributed by atoms with van der Waals surface area (Å²) in [6.45, 7) is 7.90. The first-order chi connectivity index (χ1) is 11.8. The lowest BCUT2D eigenvalue weighted by atomic mass is 9.82. The van der Waals surface area contributed by atoms with Crippen molar-refractivity contribution < 1.29 is 17.7 Å². The van der Waals surface area contributed by atoms with E-state index in [2.05, 4.69) is 6.07 Å². The van der Waals surface area contributed by atoms with E-state index in [-0.39, 0.29) is 5.56 Å². The molecule has 1 aromatic carbocycles. The molecule has 0 radical (unpaired) electrons. The first kappa shape index (κ1) is 20.0. The molecule has 5 heteroatoms. The van der Waals surface area contributed by atoms with Gasteiger partial charge < -0.3 is 0 Å². The minimum Gasteiger partial charge on any atom is -0.201 e. The fraction of sp³-hybridized carbons (Fsp3) is 0.429. The summed E-state index contributed by atoms with van der Waals surface area (Å²) in [5.74, 6) is 0. The van der Waals surface area contributed by atoms with Crippen LogP contribution < -0.4 is 4.57 Å². The van der Waals surface area contributed by atoms with Crippen molar-refractivity contribution >= 4 is 0 Å². The summed E-state index contributed by atoms with van der Waals surface area (Å²) in [4.78, 5) is 0. The molecule has 0 aliphatic carbocycles. The number of hydrogen-bond acceptors (Lipinski definition) is 1. The lowest BCUT2D eigenvalue weighted by Gasteiger charge is -2.28. The van der Waals surface area contributed by atoms with Gasteiger partial charge in [-0.3, -0.25) is 0 Å². The van der Waals surface area contributed by atoms with Gasteiger partial charge >= 0.3 is 6.18 Å². The van der Waals surface area contributed by atoms with Gasteiger partial charge in [0.1, 0.15) is 7.05 Å².